The highest BCUT2D eigenvalue weighted by atomic mass is 32.1. The van der Waals surface area contributed by atoms with Gasteiger partial charge in [-0.1, -0.05) is 6.92 Å². The van der Waals surface area contributed by atoms with Gasteiger partial charge in [-0.05, 0) is 17.9 Å². The Labute approximate surface area is 69.5 Å². The second kappa shape index (κ2) is 3.64. The van der Waals surface area contributed by atoms with Crippen molar-refractivity contribution in [3.05, 3.63) is 21.9 Å². The third-order valence-corrected chi connectivity index (χ3v) is 2.58. The average molecular weight is 170 g/mol. The molecule has 1 aromatic rings. The fourth-order valence-corrected chi connectivity index (χ4v) is 1.82. The molecule has 1 rings (SSSR count). The number of carbonyl (C=O) groups is 1. The molecule has 0 aliphatic heterocycles. The molecule has 2 nitrogen and oxygen atoms in total. The monoisotopic (exact) mass is 170 g/mol. The number of hydrogen-bond donors (Lipinski definition) is 1. The van der Waals surface area contributed by atoms with Gasteiger partial charge in [0.15, 0.2) is 6.29 Å². The Bertz CT molecular complexity index is 242. The number of aldehydes is 1. The number of aliphatic hydroxyl groups excluding tert-OH is 1. The van der Waals surface area contributed by atoms with Crippen molar-refractivity contribution in [1.29, 1.82) is 0 Å². The van der Waals surface area contributed by atoms with Gasteiger partial charge in [0, 0.05) is 10.4 Å². The van der Waals surface area contributed by atoms with Crippen LogP contribution >= 0.6 is 11.3 Å². The van der Waals surface area contributed by atoms with E-state index in [1.165, 1.54) is 11.3 Å². The number of carbonyl (C=O) groups excluding carboxylic acids is 1. The summed E-state index contributed by atoms with van der Waals surface area (Å²) in [5.74, 6) is 0. The molecular weight excluding hydrogens is 160 g/mol. The molecule has 1 aromatic heterocycles. The summed E-state index contributed by atoms with van der Waals surface area (Å²) in [6.45, 7) is 1.89. The van der Waals surface area contributed by atoms with E-state index >= 15 is 0 Å². The minimum atomic E-state index is -0.477. The molecule has 0 saturated heterocycles. The molecule has 0 aliphatic rings. The number of rotatable bonds is 3. The maximum atomic E-state index is 10.4. The first-order valence-corrected chi connectivity index (χ1v) is 4.38. The molecule has 1 heterocycles. The van der Waals surface area contributed by atoms with Crippen LogP contribution in [-0.4, -0.2) is 11.4 Å². The van der Waals surface area contributed by atoms with Crippen LogP contribution in [0.3, 0.4) is 0 Å². The van der Waals surface area contributed by atoms with Crippen molar-refractivity contribution in [2.75, 3.05) is 0 Å². The predicted octanol–water partition coefficient (Wildman–Crippen LogP) is 2.00. The van der Waals surface area contributed by atoms with Crippen LogP contribution in [0, 0.1) is 0 Å². The molecule has 11 heavy (non-hydrogen) atoms. The van der Waals surface area contributed by atoms with E-state index in [2.05, 4.69) is 0 Å². The van der Waals surface area contributed by atoms with Gasteiger partial charge in [0.1, 0.15) is 0 Å². The van der Waals surface area contributed by atoms with Crippen molar-refractivity contribution < 1.29 is 9.90 Å². The van der Waals surface area contributed by atoms with Crippen LogP contribution in [-0.2, 0) is 0 Å². The zero-order chi connectivity index (χ0) is 8.27. The number of aliphatic hydroxyl groups is 1. The summed E-state index contributed by atoms with van der Waals surface area (Å²) < 4.78 is 0. The quantitative estimate of drug-likeness (QED) is 0.704. The lowest BCUT2D eigenvalue weighted by molar-refractivity contribution is 0.111. The predicted molar refractivity (Wildman–Crippen MR) is 45.0 cm³/mol. The van der Waals surface area contributed by atoms with Crippen molar-refractivity contribution in [3.8, 4) is 0 Å². The van der Waals surface area contributed by atoms with Crippen molar-refractivity contribution in [2.45, 2.75) is 19.4 Å². The summed E-state index contributed by atoms with van der Waals surface area (Å²) in [7, 11) is 0. The van der Waals surface area contributed by atoms with Gasteiger partial charge in [0.2, 0.25) is 0 Å². The maximum absolute atomic E-state index is 10.4. The van der Waals surface area contributed by atoms with E-state index in [0.717, 1.165) is 11.2 Å². The third kappa shape index (κ3) is 1.67. The van der Waals surface area contributed by atoms with Gasteiger partial charge < -0.3 is 5.11 Å². The number of thiophene rings is 1. The van der Waals surface area contributed by atoms with Gasteiger partial charge in [-0.25, -0.2) is 0 Å². The van der Waals surface area contributed by atoms with Crippen molar-refractivity contribution in [2.24, 2.45) is 0 Å². The lowest BCUT2D eigenvalue weighted by Gasteiger charge is -2.04. The van der Waals surface area contributed by atoms with Gasteiger partial charge in [-0.2, -0.15) is 0 Å². The van der Waals surface area contributed by atoms with Gasteiger partial charge in [-0.15, -0.1) is 11.3 Å². The Kier molecular flexibility index (Phi) is 2.79. The number of hydrogen-bond acceptors (Lipinski definition) is 3. The Morgan fingerprint density at radius 2 is 2.55 bits per heavy atom. The topological polar surface area (TPSA) is 37.3 Å². The Hall–Kier alpha value is -0.670. The minimum Gasteiger partial charge on any atom is -0.388 e. The summed E-state index contributed by atoms with van der Waals surface area (Å²) in [6, 6.07) is 1.73. The highest BCUT2D eigenvalue weighted by molar-refractivity contribution is 7.10. The molecule has 0 spiro atoms. The molecule has 0 amide bonds. The van der Waals surface area contributed by atoms with E-state index in [0.29, 0.717) is 12.0 Å². The Balaban J connectivity index is 2.92. The molecule has 1 N–H and O–H groups in total. The fourth-order valence-electron chi connectivity index (χ4n) is 0.884. The summed E-state index contributed by atoms with van der Waals surface area (Å²) in [6.07, 6.45) is 0.960. The van der Waals surface area contributed by atoms with Crippen molar-refractivity contribution in [1.82, 2.24) is 0 Å². The third-order valence-electron chi connectivity index (χ3n) is 1.54. The van der Waals surface area contributed by atoms with Crippen LogP contribution < -0.4 is 0 Å². The van der Waals surface area contributed by atoms with Crippen molar-refractivity contribution in [3.63, 3.8) is 0 Å². The summed E-state index contributed by atoms with van der Waals surface area (Å²) in [5.41, 5.74) is 0.615. The van der Waals surface area contributed by atoms with Crippen LogP contribution in [0.15, 0.2) is 11.4 Å². The van der Waals surface area contributed by atoms with Gasteiger partial charge >= 0.3 is 0 Å². The molecule has 0 bridgehead atoms. The van der Waals surface area contributed by atoms with E-state index < -0.39 is 6.10 Å². The second-order valence-electron chi connectivity index (χ2n) is 2.28. The van der Waals surface area contributed by atoms with Crippen LogP contribution in [0.5, 0.6) is 0 Å². The molecular formula is C8H10O2S. The van der Waals surface area contributed by atoms with Crippen LogP contribution in [0.2, 0.25) is 0 Å². The molecule has 3 heteroatoms. The van der Waals surface area contributed by atoms with E-state index in [-0.39, 0.29) is 0 Å². The maximum Gasteiger partial charge on any atom is 0.151 e. The molecule has 0 radical (unpaired) electrons. The summed E-state index contributed by atoms with van der Waals surface area (Å²) >= 11 is 1.43. The molecule has 60 valence electrons. The molecule has 0 aliphatic carbocycles. The zero-order valence-electron chi connectivity index (χ0n) is 6.28. The highest BCUT2D eigenvalue weighted by Crippen LogP contribution is 2.24. The minimum absolute atomic E-state index is 0.477. The first-order chi connectivity index (χ1) is 5.29. The SMILES string of the molecule is CCC(O)c1sccc1C=O. The van der Waals surface area contributed by atoms with E-state index in [9.17, 15) is 9.90 Å². The summed E-state index contributed by atoms with van der Waals surface area (Å²) in [5, 5.41) is 11.2. The molecule has 1 unspecified atom stereocenters. The van der Waals surface area contributed by atoms with Crippen LogP contribution in [0.4, 0.5) is 0 Å². The van der Waals surface area contributed by atoms with E-state index in [1.54, 1.807) is 6.07 Å². The normalized spacial score (nSPS) is 12.9. The molecule has 1 atom stereocenters. The van der Waals surface area contributed by atoms with Gasteiger partial charge in [-0.3, -0.25) is 4.79 Å². The van der Waals surface area contributed by atoms with Crippen LogP contribution in [0.25, 0.3) is 0 Å². The zero-order valence-corrected chi connectivity index (χ0v) is 7.10. The average Bonchev–Trinajstić information content (AvgIpc) is 2.50. The largest absolute Gasteiger partial charge is 0.388 e. The smallest absolute Gasteiger partial charge is 0.151 e. The van der Waals surface area contributed by atoms with E-state index in [4.69, 9.17) is 0 Å². The summed E-state index contributed by atoms with van der Waals surface area (Å²) in [4.78, 5) is 11.2. The highest BCUT2D eigenvalue weighted by Gasteiger charge is 2.10. The standard InChI is InChI=1S/C8H10O2S/c1-2-7(10)8-6(5-9)3-4-11-8/h3-5,7,10H,2H2,1H3. The second-order valence-corrected chi connectivity index (χ2v) is 3.23. The lowest BCUT2D eigenvalue weighted by Crippen LogP contribution is -1.94. The van der Waals surface area contributed by atoms with E-state index in [1.807, 2.05) is 12.3 Å². The molecule has 0 aromatic carbocycles. The fraction of sp³-hybridized carbons (Fsp3) is 0.375. The lowest BCUT2D eigenvalue weighted by atomic mass is 10.1. The Morgan fingerprint density at radius 1 is 1.82 bits per heavy atom. The van der Waals surface area contributed by atoms with Gasteiger partial charge in [0.25, 0.3) is 0 Å². The van der Waals surface area contributed by atoms with Crippen LogP contribution in [0.1, 0.15) is 34.7 Å². The first-order valence-electron chi connectivity index (χ1n) is 3.50. The van der Waals surface area contributed by atoms with Crippen molar-refractivity contribution >= 4 is 17.6 Å². The molecule has 0 saturated carbocycles. The Morgan fingerprint density at radius 3 is 3.09 bits per heavy atom. The molecule has 0 fully saturated rings. The first kappa shape index (κ1) is 8.43. The van der Waals surface area contributed by atoms with Gasteiger partial charge in [0.05, 0.1) is 6.10 Å².